The molecule has 4 bridgehead atoms. The second kappa shape index (κ2) is 6.00. The molecule has 5 heteroatoms. The Balaban J connectivity index is 1.20. The zero-order chi connectivity index (χ0) is 17.7. The molecule has 5 fully saturated rings. The van der Waals surface area contributed by atoms with Crippen molar-refractivity contribution in [1.29, 1.82) is 0 Å². The molecule has 138 valence electrons. The number of hydrogen-bond acceptors (Lipinski definition) is 2. The first kappa shape index (κ1) is 16.2. The Labute approximate surface area is 154 Å². The molecule has 1 aromatic carbocycles. The molecule has 6 rings (SSSR count). The van der Waals surface area contributed by atoms with Gasteiger partial charge in [0.25, 0.3) is 5.91 Å². The average Bonchev–Trinajstić information content (AvgIpc) is 3.37. The van der Waals surface area contributed by atoms with E-state index in [2.05, 4.69) is 16.0 Å². The molecule has 0 heterocycles. The number of carbonyl (C=O) groups is 2. The highest BCUT2D eigenvalue weighted by molar-refractivity contribution is 5.96. The molecule has 0 radical (unpaired) electrons. The molecule has 26 heavy (non-hydrogen) atoms. The van der Waals surface area contributed by atoms with E-state index < -0.39 is 0 Å². The van der Waals surface area contributed by atoms with Gasteiger partial charge in [-0.3, -0.25) is 4.79 Å². The van der Waals surface area contributed by atoms with Crippen molar-refractivity contribution < 1.29 is 9.59 Å². The van der Waals surface area contributed by atoms with E-state index in [-0.39, 0.29) is 17.5 Å². The van der Waals surface area contributed by atoms with E-state index in [0.717, 1.165) is 55.5 Å². The van der Waals surface area contributed by atoms with Crippen LogP contribution in [0.15, 0.2) is 24.3 Å². The van der Waals surface area contributed by atoms with E-state index in [9.17, 15) is 9.59 Å². The Hall–Kier alpha value is -2.04. The number of rotatable bonds is 4. The lowest BCUT2D eigenvalue weighted by atomic mass is 9.53. The topological polar surface area (TPSA) is 70.2 Å². The summed E-state index contributed by atoms with van der Waals surface area (Å²) in [5.41, 5.74) is 1.39. The normalized spacial score (nSPS) is 34.4. The predicted molar refractivity (Wildman–Crippen MR) is 100.0 cm³/mol. The van der Waals surface area contributed by atoms with Crippen molar-refractivity contribution in [3.63, 3.8) is 0 Å². The maximum Gasteiger partial charge on any atom is 0.319 e. The third kappa shape index (κ3) is 3.19. The molecule has 0 atom stereocenters. The molecule has 5 aliphatic rings. The van der Waals surface area contributed by atoms with Gasteiger partial charge in [-0.15, -0.1) is 0 Å². The molecule has 3 N–H and O–H groups in total. The van der Waals surface area contributed by atoms with Crippen LogP contribution in [0, 0.1) is 17.8 Å². The van der Waals surface area contributed by atoms with Crippen LogP contribution >= 0.6 is 0 Å². The van der Waals surface area contributed by atoms with Gasteiger partial charge in [-0.25, -0.2) is 4.79 Å². The number of hydrogen-bond donors (Lipinski definition) is 3. The van der Waals surface area contributed by atoms with Crippen LogP contribution < -0.4 is 16.0 Å². The van der Waals surface area contributed by atoms with Crippen LogP contribution in [0.2, 0.25) is 0 Å². The second-order valence-corrected chi connectivity index (χ2v) is 9.10. The zero-order valence-corrected chi connectivity index (χ0v) is 15.1. The standard InChI is InChI=1S/C21H27N3O2/c25-19(22-17-5-6-17)16-1-3-18(4-2-16)23-20(26)24-21-10-13-7-14(11-21)9-15(8-13)12-21/h1-4,13-15,17H,5-12H2,(H,22,25)(H2,23,24,26). The Morgan fingerprint density at radius 1 is 0.885 bits per heavy atom. The highest BCUT2D eigenvalue weighted by Crippen LogP contribution is 2.55. The van der Waals surface area contributed by atoms with Crippen LogP contribution in [0.1, 0.15) is 61.7 Å². The minimum atomic E-state index is -0.109. The average molecular weight is 353 g/mol. The molecular formula is C21H27N3O2. The fourth-order valence-corrected chi connectivity index (χ4v) is 5.87. The molecular weight excluding hydrogens is 326 g/mol. The summed E-state index contributed by atoms with van der Waals surface area (Å²) in [6.07, 6.45) is 9.70. The summed E-state index contributed by atoms with van der Waals surface area (Å²) in [5, 5.41) is 9.25. The van der Waals surface area contributed by atoms with Crippen LogP contribution in [0.5, 0.6) is 0 Å². The van der Waals surface area contributed by atoms with Crippen LogP contribution in [-0.2, 0) is 0 Å². The molecule has 0 unspecified atom stereocenters. The lowest BCUT2D eigenvalue weighted by Gasteiger charge is -2.56. The maximum atomic E-state index is 12.6. The zero-order valence-electron chi connectivity index (χ0n) is 15.1. The van der Waals surface area contributed by atoms with E-state index in [1.54, 1.807) is 24.3 Å². The fourth-order valence-electron chi connectivity index (χ4n) is 5.87. The van der Waals surface area contributed by atoms with E-state index >= 15 is 0 Å². The summed E-state index contributed by atoms with van der Waals surface area (Å²) in [4.78, 5) is 24.6. The van der Waals surface area contributed by atoms with Crippen molar-refractivity contribution in [3.05, 3.63) is 29.8 Å². The number of benzene rings is 1. The summed E-state index contributed by atoms with van der Waals surface area (Å²) in [6, 6.07) is 7.41. The van der Waals surface area contributed by atoms with Crippen LogP contribution in [-0.4, -0.2) is 23.5 Å². The predicted octanol–water partition coefficient (Wildman–Crippen LogP) is 3.67. The Morgan fingerprint density at radius 2 is 1.46 bits per heavy atom. The monoisotopic (exact) mass is 353 g/mol. The molecule has 0 spiro atoms. The van der Waals surface area contributed by atoms with Crippen molar-refractivity contribution in [2.45, 2.75) is 62.9 Å². The van der Waals surface area contributed by atoms with Crippen molar-refractivity contribution in [3.8, 4) is 0 Å². The molecule has 0 saturated heterocycles. The van der Waals surface area contributed by atoms with Gasteiger partial charge in [-0.1, -0.05) is 0 Å². The highest BCUT2D eigenvalue weighted by atomic mass is 16.2. The minimum absolute atomic E-state index is 0.0168. The van der Waals surface area contributed by atoms with Gasteiger partial charge in [-0.05, 0) is 93.4 Å². The van der Waals surface area contributed by atoms with Gasteiger partial charge in [0.2, 0.25) is 0 Å². The van der Waals surface area contributed by atoms with Gasteiger partial charge in [0, 0.05) is 22.8 Å². The van der Waals surface area contributed by atoms with Gasteiger partial charge < -0.3 is 16.0 Å². The number of carbonyl (C=O) groups excluding carboxylic acids is 2. The van der Waals surface area contributed by atoms with Crippen LogP contribution in [0.3, 0.4) is 0 Å². The third-order valence-corrected chi connectivity index (χ3v) is 6.73. The summed E-state index contributed by atoms with van der Waals surface area (Å²) >= 11 is 0. The first-order valence-corrected chi connectivity index (χ1v) is 10.1. The fraction of sp³-hybridized carbons (Fsp3) is 0.619. The number of urea groups is 1. The van der Waals surface area contributed by atoms with E-state index in [1.807, 2.05) is 0 Å². The maximum absolute atomic E-state index is 12.6. The molecule has 5 saturated carbocycles. The summed E-state index contributed by atoms with van der Waals surface area (Å²) in [6.45, 7) is 0. The summed E-state index contributed by atoms with van der Waals surface area (Å²) in [7, 11) is 0. The number of anilines is 1. The van der Waals surface area contributed by atoms with E-state index in [0.29, 0.717) is 11.6 Å². The number of nitrogens with one attached hydrogen (secondary N) is 3. The first-order valence-electron chi connectivity index (χ1n) is 10.1. The van der Waals surface area contributed by atoms with Crippen molar-refractivity contribution in [2.24, 2.45) is 17.8 Å². The largest absolute Gasteiger partial charge is 0.349 e. The lowest BCUT2D eigenvalue weighted by Crippen LogP contribution is -2.60. The molecule has 3 amide bonds. The Kier molecular flexibility index (Phi) is 3.73. The van der Waals surface area contributed by atoms with E-state index in [1.165, 1.54) is 19.3 Å². The summed E-state index contributed by atoms with van der Waals surface area (Å²) < 4.78 is 0. The molecule has 0 aliphatic heterocycles. The minimum Gasteiger partial charge on any atom is -0.349 e. The highest BCUT2D eigenvalue weighted by Gasteiger charge is 2.51. The molecule has 5 aliphatic carbocycles. The first-order chi connectivity index (χ1) is 12.6. The van der Waals surface area contributed by atoms with Crippen LogP contribution in [0.4, 0.5) is 10.5 Å². The summed E-state index contributed by atoms with van der Waals surface area (Å²) in [5.74, 6) is 2.40. The van der Waals surface area contributed by atoms with Gasteiger partial charge in [-0.2, -0.15) is 0 Å². The van der Waals surface area contributed by atoms with Gasteiger partial charge in [0.05, 0.1) is 0 Å². The molecule has 0 aromatic heterocycles. The molecule has 1 aromatic rings. The van der Waals surface area contributed by atoms with Gasteiger partial charge >= 0.3 is 6.03 Å². The third-order valence-electron chi connectivity index (χ3n) is 6.73. The quantitative estimate of drug-likeness (QED) is 0.773. The SMILES string of the molecule is O=C(Nc1ccc(C(=O)NC2CC2)cc1)NC12CC3CC(CC(C3)C1)C2. The van der Waals surface area contributed by atoms with Crippen molar-refractivity contribution in [1.82, 2.24) is 10.6 Å². The number of amides is 3. The van der Waals surface area contributed by atoms with E-state index in [4.69, 9.17) is 0 Å². The smallest absolute Gasteiger partial charge is 0.319 e. The van der Waals surface area contributed by atoms with Crippen LogP contribution in [0.25, 0.3) is 0 Å². The van der Waals surface area contributed by atoms with Gasteiger partial charge in [0.15, 0.2) is 0 Å². The Morgan fingerprint density at radius 3 is 2.00 bits per heavy atom. The molecule has 5 nitrogen and oxygen atoms in total. The lowest BCUT2D eigenvalue weighted by molar-refractivity contribution is -0.0127. The Bertz CT molecular complexity index is 688. The second-order valence-electron chi connectivity index (χ2n) is 9.10. The van der Waals surface area contributed by atoms with Crippen molar-refractivity contribution in [2.75, 3.05) is 5.32 Å². The van der Waals surface area contributed by atoms with Gasteiger partial charge in [0.1, 0.15) is 0 Å². The van der Waals surface area contributed by atoms with Crippen molar-refractivity contribution >= 4 is 17.6 Å².